The van der Waals surface area contributed by atoms with Gasteiger partial charge in [0.2, 0.25) is 0 Å². The second-order valence-corrected chi connectivity index (χ2v) is 5.35. The van der Waals surface area contributed by atoms with Crippen molar-refractivity contribution in [3.63, 3.8) is 0 Å². The average molecular weight is 182 g/mol. The van der Waals surface area contributed by atoms with E-state index in [1.807, 2.05) is 0 Å². The molecule has 1 N–H and O–H groups in total. The molecule has 2 heteroatoms. The third-order valence-electron chi connectivity index (χ3n) is 4.60. The van der Waals surface area contributed by atoms with E-state index >= 15 is 0 Å². The number of hydrogen-bond acceptors (Lipinski definition) is 2. The summed E-state index contributed by atoms with van der Waals surface area (Å²) >= 11 is 0. The van der Waals surface area contributed by atoms with Gasteiger partial charge in [-0.25, -0.2) is 0 Å². The summed E-state index contributed by atoms with van der Waals surface area (Å²) in [4.78, 5) is 0. The molecule has 4 unspecified atom stereocenters. The summed E-state index contributed by atoms with van der Waals surface area (Å²) in [6.07, 6.45) is 7.27. The molecular weight excluding hydrogens is 164 g/mol. The largest absolute Gasteiger partial charge is 0.393 e. The van der Waals surface area contributed by atoms with Crippen molar-refractivity contribution in [2.75, 3.05) is 0 Å². The van der Waals surface area contributed by atoms with E-state index in [-0.39, 0.29) is 11.7 Å². The van der Waals surface area contributed by atoms with Crippen molar-refractivity contribution in [1.29, 1.82) is 0 Å². The van der Waals surface area contributed by atoms with Crippen molar-refractivity contribution < 1.29 is 9.84 Å². The normalized spacial score (nSPS) is 59.5. The fraction of sp³-hybridized carbons (Fsp3) is 1.00. The Morgan fingerprint density at radius 2 is 2.15 bits per heavy atom. The maximum absolute atomic E-state index is 9.67. The van der Waals surface area contributed by atoms with E-state index in [2.05, 4.69) is 6.92 Å². The van der Waals surface area contributed by atoms with Gasteiger partial charge in [-0.2, -0.15) is 0 Å². The number of ether oxygens (including phenoxy) is 1. The average Bonchev–Trinajstić information content (AvgIpc) is 2.77. The summed E-state index contributed by atoms with van der Waals surface area (Å²) in [5.41, 5.74) is 0.484. The lowest BCUT2D eigenvalue weighted by molar-refractivity contribution is -0.0135. The molecule has 0 radical (unpaired) electrons. The molecule has 3 aliphatic rings. The molecule has 0 bridgehead atoms. The predicted molar refractivity (Wildman–Crippen MR) is 49.4 cm³/mol. The maximum Gasteiger partial charge on any atom is 0.103 e. The van der Waals surface area contributed by atoms with Gasteiger partial charge in [0.25, 0.3) is 0 Å². The summed E-state index contributed by atoms with van der Waals surface area (Å²) in [6.45, 7) is 2.36. The standard InChI is InChI=1S/C11H18O2/c1-10-5-2-3-9-11(10,13-9)7-8(12)4-6-10/h8-9,12H,2-7H2,1H3. The van der Waals surface area contributed by atoms with Crippen molar-refractivity contribution in [2.45, 2.75) is 63.3 Å². The molecule has 4 atom stereocenters. The Bertz CT molecular complexity index is 240. The van der Waals surface area contributed by atoms with Crippen LogP contribution < -0.4 is 0 Å². The maximum atomic E-state index is 9.67. The number of rotatable bonds is 0. The van der Waals surface area contributed by atoms with Gasteiger partial charge in [-0.1, -0.05) is 13.3 Å². The van der Waals surface area contributed by atoms with E-state index in [4.69, 9.17) is 4.74 Å². The van der Waals surface area contributed by atoms with Gasteiger partial charge in [0, 0.05) is 6.42 Å². The van der Waals surface area contributed by atoms with Gasteiger partial charge in [0.1, 0.15) is 5.60 Å². The molecular formula is C11H18O2. The van der Waals surface area contributed by atoms with Crippen LogP contribution in [0.5, 0.6) is 0 Å². The van der Waals surface area contributed by atoms with E-state index in [0.29, 0.717) is 11.5 Å². The third-order valence-corrected chi connectivity index (χ3v) is 4.60. The zero-order valence-corrected chi connectivity index (χ0v) is 8.25. The molecule has 1 spiro atoms. The third kappa shape index (κ3) is 0.909. The summed E-state index contributed by atoms with van der Waals surface area (Å²) in [5.74, 6) is 0. The van der Waals surface area contributed by atoms with Gasteiger partial charge >= 0.3 is 0 Å². The Labute approximate surface area is 79.3 Å². The zero-order valence-electron chi connectivity index (χ0n) is 8.25. The molecule has 13 heavy (non-hydrogen) atoms. The summed E-state index contributed by atoms with van der Waals surface area (Å²) < 4.78 is 5.88. The predicted octanol–water partition coefficient (Wildman–Crippen LogP) is 1.86. The highest BCUT2D eigenvalue weighted by Gasteiger charge is 2.69. The molecule has 3 rings (SSSR count). The van der Waals surface area contributed by atoms with Crippen LogP contribution in [0, 0.1) is 5.41 Å². The van der Waals surface area contributed by atoms with Crippen LogP contribution in [0.25, 0.3) is 0 Å². The Balaban J connectivity index is 1.91. The van der Waals surface area contributed by atoms with Gasteiger partial charge in [0.15, 0.2) is 0 Å². The first-order valence-corrected chi connectivity index (χ1v) is 5.52. The highest BCUT2D eigenvalue weighted by molar-refractivity contribution is 5.18. The fourth-order valence-corrected chi connectivity index (χ4v) is 3.63. The fourth-order valence-electron chi connectivity index (χ4n) is 3.63. The number of aliphatic hydroxyl groups is 1. The first kappa shape index (κ1) is 8.25. The van der Waals surface area contributed by atoms with Gasteiger partial charge in [-0.15, -0.1) is 0 Å². The highest BCUT2D eigenvalue weighted by Crippen LogP contribution is 2.64. The molecule has 0 amide bonds. The molecule has 1 saturated heterocycles. The molecule has 2 nitrogen and oxygen atoms in total. The van der Waals surface area contributed by atoms with Gasteiger partial charge in [-0.05, 0) is 31.1 Å². The second-order valence-electron chi connectivity index (χ2n) is 5.35. The van der Waals surface area contributed by atoms with E-state index in [1.165, 1.54) is 19.3 Å². The minimum absolute atomic E-state index is 0.100. The van der Waals surface area contributed by atoms with Crippen molar-refractivity contribution in [2.24, 2.45) is 5.41 Å². The Hall–Kier alpha value is -0.0800. The Morgan fingerprint density at radius 1 is 1.31 bits per heavy atom. The first-order chi connectivity index (χ1) is 6.16. The minimum atomic E-state index is -0.101. The Morgan fingerprint density at radius 3 is 3.00 bits per heavy atom. The van der Waals surface area contributed by atoms with Crippen LogP contribution in [0.3, 0.4) is 0 Å². The van der Waals surface area contributed by atoms with Crippen molar-refractivity contribution in [1.82, 2.24) is 0 Å². The second kappa shape index (κ2) is 2.29. The van der Waals surface area contributed by atoms with Gasteiger partial charge in [-0.3, -0.25) is 0 Å². The molecule has 3 fully saturated rings. The lowest BCUT2D eigenvalue weighted by Gasteiger charge is -2.44. The summed E-state index contributed by atoms with van der Waals surface area (Å²) in [7, 11) is 0. The van der Waals surface area contributed by atoms with Crippen LogP contribution in [0.2, 0.25) is 0 Å². The van der Waals surface area contributed by atoms with Crippen LogP contribution in [-0.2, 0) is 4.74 Å². The van der Waals surface area contributed by atoms with Crippen LogP contribution in [0.1, 0.15) is 45.4 Å². The van der Waals surface area contributed by atoms with Crippen molar-refractivity contribution in [3.8, 4) is 0 Å². The smallest absolute Gasteiger partial charge is 0.103 e. The summed E-state index contributed by atoms with van der Waals surface area (Å²) in [6, 6.07) is 0. The van der Waals surface area contributed by atoms with E-state index in [0.717, 1.165) is 19.3 Å². The highest BCUT2D eigenvalue weighted by atomic mass is 16.6. The number of epoxide rings is 1. The molecule has 0 aromatic rings. The quantitative estimate of drug-likeness (QED) is 0.580. The molecule has 0 aromatic carbocycles. The van der Waals surface area contributed by atoms with Crippen LogP contribution in [0.4, 0.5) is 0 Å². The van der Waals surface area contributed by atoms with Crippen LogP contribution in [0.15, 0.2) is 0 Å². The van der Waals surface area contributed by atoms with Crippen molar-refractivity contribution in [3.05, 3.63) is 0 Å². The first-order valence-electron chi connectivity index (χ1n) is 5.52. The van der Waals surface area contributed by atoms with Gasteiger partial charge < -0.3 is 9.84 Å². The number of aliphatic hydroxyl groups excluding tert-OH is 1. The molecule has 0 aromatic heterocycles. The Kier molecular flexibility index (Phi) is 1.45. The molecule has 1 aliphatic heterocycles. The molecule has 74 valence electrons. The molecule has 2 aliphatic carbocycles. The SMILES string of the molecule is CC12CCCC3OC31CC(O)CC2. The van der Waals surface area contributed by atoms with E-state index in [9.17, 15) is 5.11 Å². The van der Waals surface area contributed by atoms with E-state index < -0.39 is 0 Å². The van der Waals surface area contributed by atoms with Crippen molar-refractivity contribution >= 4 is 0 Å². The van der Waals surface area contributed by atoms with Crippen LogP contribution in [-0.4, -0.2) is 22.9 Å². The van der Waals surface area contributed by atoms with Crippen LogP contribution >= 0.6 is 0 Å². The van der Waals surface area contributed by atoms with Gasteiger partial charge in [0.05, 0.1) is 12.2 Å². The molecule has 2 saturated carbocycles. The summed E-state index contributed by atoms with van der Waals surface area (Å²) in [5, 5.41) is 9.67. The van der Waals surface area contributed by atoms with E-state index in [1.54, 1.807) is 0 Å². The molecule has 1 heterocycles. The lowest BCUT2D eigenvalue weighted by atomic mass is 9.59. The monoisotopic (exact) mass is 182 g/mol. The topological polar surface area (TPSA) is 32.8 Å². The minimum Gasteiger partial charge on any atom is -0.393 e. The lowest BCUT2D eigenvalue weighted by Crippen LogP contribution is -2.47. The number of hydrogen-bond donors (Lipinski definition) is 1. The zero-order chi connectivity index (χ0) is 9.10.